The van der Waals surface area contributed by atoms with E-state index in [0.29, 0.717) is 0 Å². The summed E-state index contributed by atoms with van der Waals surface area (Å²) in [6.07, 6.45) is -6.04. The quantitative estimate of drug-likeness (QED) is 0.887. The molecule has 0 aliphatic heterocycles. The van der Waals surface area contributed by atoms with Gasteiger partial charge in [0.15, 0.2) is 0 Å². The Kier molecular flexibility index (Phi) is 4.98. The van der Waals surface area contributed by atoms with Crippen LogP contribution >= 0.6 is 0 Å². The van der Waals surface area contributed by atoms with Crippen LogP contribution in [0.5, 0.6) is 0 Å². The van der Waals surface area contributed by atoms with Gasteiger partial charge in [0.1, 0.15) is 0 Å². The van der Waals surface area contributed by atoms with Crippen molar-refractivity contribution in [1.82, 2.24) is 0 Å². The normalized spacial score (nSPS) is 14.9. The largest absolute Gasteiger partial charge is 0.428 e. The van der Waals surface area contributed by atoms with Gasteiger partial charge in [-0.05, 0) is 17.5 Å². The summed E-state index contributed by atoms with van der Waals surface area (Å²) in [6, 6.07) is 3.94. The lowest BCUT2D eigenvalue weighted by atomic mass is 9.77. The summed E-state index contributed by atoms with van der Waals surface area (Å²) in [7, 11) is 0. The van der Waals surface area contributed by atoms with E-state index < -0.39 is 34.8 Å². The van der Waals surface area contributed by atoms with E-state index in [-0.39, 0.29) is 12.0 Å². The predicted molar refractivity (Wildman–Crippen MR) is 77.1 cm³/mol. The summed E-state index contributed by atoms with van der Waals surface area (Å²) >= 11 is 0. The van der Waals surface area contributed by atoms with Crippen LogP contribution in [0.25, 0.3) is 0 Å². The fourth-order valence-corrected chi connectivity index (χ4v) is 2.34. The van der Waals surface area contributed by atoms with Gasteiger partial charge in [-0.3, -0.25) is 4.79 Å². The van der Waals surface area contributed by atoms with Crippen LogP contribution in [0.15, 0.2) is 24.3 Å². The molecule has 1 rings (SSSR count). The summed E-state index contributed by atoms with van der Waals surface area (Å²) in [5.74, 6) is -1.09. The van der Waals surface area contributed by atoms with Crippen molar-refractivity contribution in [2.24, 2.45) is 16.9 Å². The number of hydrogen-bond acceptors (Lipinski definition) is 3. The van der Waals surface area contributed by atoms with Crippen LogP contribution in [0.4, 0.5) is 18.0 Å². The fraction of sp³-hybridized carbons (Fsp3) is 0.467. The molecule has 23 heavy (non-hydrogen) atoms. The van der Waals surface area contributed by atoms with Gasteiger partial charge in [-0.2, -0.15) is 13.2 Å². The molecule has 1 aromatic rings. The molecule has 1 aromatic carbocycles. The zero-order chi connectivity index (χ0) is 18.1. The van der Waals surface area contributed by atoms with E-state index in [4.69, 9.17) is 16.2 Å². The summed E-state index contributed by atoms with van der Waals surface area (Å²) in [5, 5.41) is 0. The maximum absolute atomic E-state index is 12.9. The van der Waals surface area contributed by atoms with Crippen molar-refractivity contribution in [3.05, 3.63) is 35.4 Å². The van der Waals surface area contributed by atoms with E-state index in [2.05, 4.69) is 0 Å². The first kappa shape index (κ1) is 18.8. The van der Waals surface area contributed by atoms with Crippen LogP contribution < -0.4 is 11.5 Å². The minimum absolute atomic E-state index is 0.125. The Labute approximate surface area is 131 Å². The molecule has 0 bridgehead atoms. The molecule has 0 aliphatic rings. The van der Waals surface area contributed by atoms with Gasteiger partial charge in [-0.1, -0.05) is 32.9 Å². The van der Waals surface area contributed by atoms with Crippen molar-refractivity contribution >= 4 is 12.0 Å². The fourth-order valence-electron chi connectivity index (χ4n) is 2.34. The van der Waals surface area contributed by atoms with Crippen molar-refractivity contribution in [3.8, 4) is 0 Å². The molecule has 0 saturated heterocycles. The van der Waals surface area contributed by atoms with Gasteiger partial charge < -0.3 is 16.2 Å². The standard InChI is InChI=1S/C15H19F3N2O3/c1-13(2,3)8-14(11(19)21,23-12(20)22)9-5-4-6-10(7-9)15(16,17)18/h4-7H,8H2,1-3H3,(H2,19,21)(H2,20,22). The number of carbonyl (C=O) groups excluding carboxylic acids is 2. The molecule has 5 nitrogen and oxygen atoms in total. The highest BCUT2D eigenvalue weighted by Gasteiger charge is 2.46. The molecule has 0 heterocycles. The molecule has 0 radical (unpaired) electrons. The molecule has 1 unspecified atom stereocenters. The number of primary amides is 2. The smallest absolute Gasteiger partial charge is 0.416 e. The average molecular weight is 332 g/mol. The van der Waals surface area contributed by atoms with E-state index >= 15 is 0 Å². The lowest BCUT2D eigenvalue weighted by Crippen LogP contribution is -2.48. The molecule has 0 saturated carbocycles. The van der Waals surface area contributed by atoms with Crippen molar-refractivity contribution in [2.75, 3.05) is 0 Å². The lowest BCUT2D eigenvalue weighted by molar-refractivity contribution is -0.142. The number of hydrogen-bond donors (Lipinski definition) is 2. The Bertz CT molecular complexity index is 609. The first-order valence-corrected chi connectivity index (χ1v) is 6.74. The highest BCUT2D eigenvalue weighted by atomic mass is 19.4. The summed E-state index contributed by atoms with van der Waals surface area (Å²) in [4.78, 5) is 23.2. The molecule has 4 N–H and O–H groups in total. The number of amides is 2. The zero-order valence-corrected chi connectivity index (χ0v) is 13.0. The lowest BCUT2D eigenvalue weighted by Gasteiger charge is -2.35. The van der Waals surface area contributed by atoms with Crippen LogP contribution in [0.2, 0.25) is 0 Å². The van der Waals surface area contributed by atoms with E-state index in [1.807, 2.05) is 0 Å². The van der Waals surface area contributed by atoms with Crippen molar-refractivity contribution in [3.63, 3.8) is 0 Å². The molecule has 1 atom stereocenters. The second-order valence-corrected chi connectivity index (χ2v) is 6.43. The maximum atomic E-state index is 12.9. The first-order chi connectivity index (χ1) is 10.3. The molecule has 2 amide bonds. The Morgan fingerprint density at radius 1 is 1.09 bits per heavy atom. The van der Waals surface area contributed by atoms with Crippen LogP contribution in [0, 0.1) is 5.41 Å². The second kappa shape index (κ2) is 6.10. The highest BCUT2D eigenvalue weighted by Crippen LogP contribution is 2.40. The molecular weight excluding hydrogens is 313 g/mol. The minimum Gasteiger partial charge on any atom is -0.428 e. The molecule has 0 fully saturated rings. The number of benzene rings is 1. The molecule has 128 valence electrons. The van der Waals surface area contributed by atoms with E-state index in [9.17, 15) is 22.8 Å². The number of halogens is 3. The third-order valence-electron chi connectivity index (χ3n) is 3.11. The molecule has 0 aliphatic carbocycles. The van der Waals surface area contributed by atoms with E-state index in [1.165, 1.54) is 6.07 Å². The highest BCUT2D eigenvalue weighted by molar-refractivity contribution is 5.87. The number of carbonyl (C=O) groups is 2. The summed E-state index contributed by atoms with van der Waals surface area (Å²) in [6.45, 7) is 5.17. The number of ether oxygens (including phenoxy) is 1. The average Bonchev–Trinajstić information content (AvgIpc) is 2.34. The molecule has 8 heteroatoms. The Balaban J connectivity index is 3.56. The van der Waals surface area contributed by atoms with Crippen molar-refractivity contribution < 1.29 is 27.5 Å². The van der Waals surface area contributed by atoms with Gasteiger partial charge in [0.05, 0.1) is 5.56 Å². The topological polar surface area (TPSA) is 95.4 Å². The van der Waals surface area contributed by atoms with Crippen molar-refractivity contribution in [1.29, 1.82) is 0 Å². The predicted octanol–water partition coefficient (Wildman–Crippen LogP) is 2.92. The van der Waals surface area contributed by atoms with Crippen LogP contribution in [-0.2, 0) is 21.3 Å². The zero-order valence-electron chi connectivity index (χ0n) is 13.0. The first-order valence-electron chi connectivity index (χ1n) is 6.74. The number of nitrogens with two attached hydrogens (primary N) is 2. The van der Waals surface area contributed by atoms with E-state index in [1.54, 1.807) is 20.8 Å². The van der Waals surface area contributed by atoms with Gasteiger partial charge in [0.25, 0.3) is 5.91 Å². The van der Waals surface area contributed by atoms with Crippen molar-refractivity contribution in [2.45, 2.75) is 39.0 Å². The SMILES string of the molecule is CC(C)(C)CC(OC(N)=O)(C(N)=O)c1cccc(C(F)(F)F)c1. The number of rotatable bonds is 4. The third-order valence-corrected chi connectivity index (χ3v) is 3.11. The monoisotopic (exact) mass is 332 g/mol. The van der Waals surface area contributed by atoms with Gasteiger partial charge >= 0.3 is 12.3 Å². The molecule has 0 aromatic heterocycles. The second-order valence-electron chi connectivity index (χ2n) is 6.43. The van der Waals surface area contributed by atoms with Gasteiger partial charge in [0.2, 0.25) is 5.60 Å². The Hall–Kier alpha value is -2.25. The summed E-state index contributed by atoms with van der Waals surface area (Å²) < 4.78 is 43.7. The molecule has 0 spiro atoms. The Morgan fingerprint density at radius 2 is 1.61 bits per heavy atom. The molecular formula is C15H19F3N2O3. The number of alkyl halides is 3. The van der Waals surface area contributed by atoms with Gasteiger partial charge in [-0.15, -0.1) is 0 Å². The van der Waals surface area contributed by atoms with Gasteiger partial charge in [-0.25, -0.2) is 4.79 Å². The summed E-state index contributed by atoms with van der Waals surface area (Å²) in [5.41, 5.74) is 6.55. The van der Waals surface area contributed by atoms with Crippen LogP contribution in [0.1, 0.15) is 38.3 Å². The minimum atomic E-state index is -4.62. The maximum Gasteiger partial charge on any atom is 0.416 e. The van der Waals surface area contributed by atoms with E-state index in [0.717, 1.165) is 18.2 Å². The van der Waals surface area contributed by atoms with Crippen LogP contribution in [-0.4, -0.2) is 12.0 Å². The van der Waals surface area contributed by atoms with Crippen LogP contribution in [0.3, 0.4) is 0 Å². The van der Waals surface area contributed by atoms with Gasteiger partial charge in [0, 0.05) is 12.0 Å². The third kappa shape index (κ3) is 4.61. The Morgan fingerprint density at radius 3 is 2.00 bits per heavy atom.